The molecule has 24 heavy (non-hydrogen) atoms. The molecule has 3 rings (SSSR count). The number of rotatable bonds is 4. The zero-order valence-corrected chi connectivity index (χ0v) is 14.5. The zero-order chi connectivity index (χ0) is 17.2. The fraction of sp³-hybridized carbons (Fsp3) is 0.588. The molecule has 0 spiro atoms. The molecule has 130 valence electrons. The van der Waals surface area contributed by atoms with Gasteiger partial charge >= 0.3 is 0 Å². The number of piperidine rings is 1. The fourth-order valence-corrected chi connectivity index (χ4v) is 2.98. The number of amides is 1. The van der Waals surface area contributed by atoms with Crippen molar-refractivity contribution in [2.24, 2.45) is 0 Å². The highest BCUT2D eigenvalue weighted by atomic mass is 16.4. The maximum Gasteiger partial charge on any atom is 0.248 e. The van der Waals surface area contributed by atoms with Crippen LogP contribution in [0.1, 0.15) is 45.3 Å². The second-order valence-corrected chi connectivity index (χ2v) is 7.28. The Balaban J connectivity index is 1.71. The van der Waals surface area contributed by atoms with Crippen LogP contribution in [0.15, 0.2) is 29.1 Å². The first-order chi connectivity index (χ1) is 11.4. The third kappa shape index (κ3) is 3.21. The van der Waals surface area contributed by atoms with Crippen molar-refractivity contribution in [3.05, 3.63) is 36.3 Å². The maximum atomic E-state index is 12.9. The Bertz CT molecular complexity index is 678. The van der Waals surface area contributed by atoms with Gasteiger partial charge in [-0.1, -0.05) is 20.8 Å². The maximum absolute atomic E-state index is 12.9. The lowest BCUT2D eigenvalue weighted by molar-refractivity contribution is -0.132. The molecule has 1 saturated heterocycles. The molecule has 1 aliphatic heterocycles. The minimum atomic E-state index is -0.645. The summed E-state index contributed by atoms with van der Waals surface area (Å²) in [6, 6.07) is 1.85. The molecule has 0 bridgehead atoms. The Kier molecular flexibility index (Phi) is 4.45. The van der Waals surface area contributed by atoms with Crippen molar-refractivity contribution >= 4 is 5.91 Å². The molecule has 2 aromatic heterocycles. The highest BCUT2D eigenvalue weighted by Crippen LogP contribution is 2.27. The van der Waals surface area contributed by atoms with Gasteiger partial charge in [0, 0.05) is 17.8 Å². The van der Waals surface area contributed by atoms with Crippen LogP contribution in [-0.2, 0) is 22.3 Å². The van der Waals surface area contributed by atoms with Crippen molar-refractivity contribution < 1.29 is 9.21 Å². The second kappa shape index (κ2) is 6.39. The summed E-state index contributed by atoms with van der Waals surface area (Å²) in [6.45, 7) is 8.07. The highest BCUT2D eigenvalue weighted by molar-refractivity contribution is 5.84. The second-order valence-electron chi connectivity index (χ2n) is 7.28. The molecule has 2 aromatic rings. The Hall–Kier alpha value is -2.15. The van der Waals surface area contributed by atoms with Crippen molar-refractivity contribution in [2.75, 3.05) is 13.1 Å². The van der Waals surface area contributed by atoms with Crippen LogP contribution < -0.4 is 10.6 Å². The van der Waals surface area contributed by atoms with E-state index < -0.39 is 5.54 Å². The molecule has 7 nitrogen and oxygen atoms in total. The molecule has 1 fully saturated rings. The Morgan fingerprint density at radius 2 is 2.17 bits per heavy atom. The summed E-state index contributed by atoms with van der Waals surface area (Å²) < 4.78 is 7.53. The van der Waals surface area contributed by atoms with Crippen LogP contribution in [0, 0.1) is 0 Å². The minimum absolute atomic E-state index is 0.0387. The van der Waals surface area contributed by atoms with Gasteiger partial charge in [-0.15, -0.1) is 0 Å². The number of carbonyl (C=O) groups is 1. The van der Waals surface area contributed by atoms with Gasteiger partial charge in [0.15, 0.2) is 0 Å². The normalized spacial score (nSPS) is 17.6. The van der Waals surface area contributed by atoms with Crippen LogP contribution in [0.5, 0.6) is 0 Å². The van der Waals surface area contributed by atoms with Crippen LogP contribution >= 0.6 is 0 Å². The summed E-state index contributed by atoms with van der Waals surface area (Å²) in [5.74, 6) is 1.30. The molecular formula is C17H25N5O2. The first-order valence-electron chi connectivity index (χ1n) is 8.36. The van der Waals surface area contributed by atoms with Gasteiger partial charge in [0.25, 0.3) is 0 Å². The summed E-state index contributed by atoms with van der Waals surface area (Å²) in [5.41, 5.74) is -0.741. The Morgan fingerprint density at radius 3 is 2.75 bits per heavy atom. The van der Waals surface area contributed by atoms with Crippen LogP contribution in [0.3, 0.4) is 0 Å². The topological polar surface area (TPSA) is 85.0 Å². The average Bonchev–Trinajstić information content (AvgIpc) is 3.24. The number of nitrogens with zero attached hydrogens (tertiary/aromatic N) is 3. The molecule has 0 aliphatic carbocycles. The van der Waals surface area contributed by atoms with E-state index in [1.807, 2.05) is 12.3 Å². The predicted octanol–water partition coefficient (Wildman–Crippen LogP) is 1.56. The van der Waals surface area contributed by atoms with Crippen molar-refractivity contribution in [2.45, 2.75) is 51.1 Å². The van der Waals surface area contributed by atoms with E-state index in [-0.39, 0.29) is 17.9 Å². The Morgan fingerprint density at radius 1 is 1.42 bits per heavy atom. The van der Waals surface area contributed by atoms with Gasteiger partial charge in [-0.25, -0.2) is 4.98 Å². The molecule has 0 atom stereocenters. The molecule has 2 N–H and O–H groups in total. The third-order valence-corrected chi connectivity index (χ3v) is 4.49. The first kappa shape index (κ1) is 16.7. The van der Waals surface area contributed by atoms with Gasteiger partial charge < -0.3 is 15.1 Å². The van der Waals surface area contributed by atoms with E-state index >= 15 is 0 Å². The highest BCUT2D eigenvalue weighted by Gasteiger charge is 2.41. The molecule has 0 aromatic carbocycles. The number of oxazole rings is 1. The van der Waals surface area contributed by atoms with Gasteiger partial charge in [0.05, 0.1) is 12.7 Å². The van der Waals surface area contributed by atoms with Crippen molar-refractivity contribution in [3.63, 3.8) is 0 Å². The van der Waals surface area contributed by atoms with Crippen LogP contribution in [0.4, 0.5) is 0 Å². The number of nitrogens with one attached hydrogen (secondary N) is 2. The molecular weight excluding hydrogens is 306 g/mol. The zero-order valence-electron chi connectivity index (χ0n) is 14.5. The summed E-state index contributed by atoms with van der Waals surface area (Å²) in [7, 11) is 0. The molecule has 1 aliphatic rings. The first-order valence-corrected chi connectivity index (χ1v) is 8.36. The van der Waals surface area contributed by atoms with E-state index in [1.54, 1.807) is 17.1 Å². The monoisotopic (exact) mass is 331 g/mol. The number of hydrogen-bond acceptors (Lipinski definition) is 5. The van der Waals surface area contributed by atoms with E-state index in [2.05, 4.69) is 41.5 Å². The van der Waals surface area contributed by atoms with Gasteiger partial charge in [0.1, 0.15) is 11.3 Å². The summed E-state index contributed by atoms with van der Waals surface area (Å²) in [6.07, 6.45) is 6.71. The van der Waals surface area contributed by atoms with Crippen LogP contribution in [0.2, 0.25) is 0 Å². The van der Waals surface area contributed by atoms with Crippen molar-refractivity contribution in [3.8, 4) is 0 Å². The molecule has 3 heterocycles. The van der Waals surface area contributed by atoms with E-state index in [9.17, 15) is 4.79 Å². The minimum Gasteiger partial charge on any atom is -0.443 e. The van der Waals surface area contributed by atoms with E-state index in [1.165, 1.54) is 0 Å². The predicted molar refractivity (Wildman–Crippen MR) is 89.4 cm³/mol. The molecule has 0 unspecified atom stereocenters. The standard InChI is InChI=1S/C17H25N5O2/c1-16(2,3)13-11-19-14(24-13)12-20-15(23)17(5-8-18-9-6-17)22-10-4-7-21-22/h4,7,10-11,18H,5-6,8-9,12H2,1-3H3,(H,20,23). The molecule has 0 radical (unpaired) electrons. The lowest BCUT2D eigenvalue weighted by Crippen LogP contribution is -2.54. The molecule has 0 saturated carbocycles. The quantitative estimate of drug-likeness (QED) is 0.888. The number of aromatic nitrogens is 3. The van der Waals surface area contributed by atoms with Crippen molar-refractivity contribution in [1.82, 2.24) is 25.4 Å². The van der Waals surface area contributed by atoms with Gasteiger partial charge in [-0.2, -0.15) is 5.10 Å². The summed E-state index contributed by atoms with van der Waals surface area (Å²) in [4.78, 5) is 17.2. The molecule has 1 amide bonds. The van der Waals surface area contributed by atoms with Crippen molar-refractivity contribution in [1.29, 1.82) is 0 Å². The summed E-state index contributed by atoms with van der Waals surface area (Å²) >= 11 is 0. The number of hydrogen-bond donors (Lipinski definition) is 2. The van der Waals surface area contributed by atoms with E-state index in [0.717, 1.165) is 18.8 Å². The summed E-state index contributed by atoms with van der Waals surface area (Å²) in [5, 5.41) is 10.6. The van der Waals surface area contributed by atoms with E-state index in [0.29, 0.717) is 18.7 Å². The number of carbonyl (C=O) groups excluding carboxylic acids is 1. The third-order valence-electron chi connectivity index (χ3n) is 4.49. The van der Waals surface area contributed by atoms with Gasteiger partial charge in [-0.05, 0) is 32.0 Å². The SMILES string of the molecule is CC(C)(C)c1cnc(CNC(=O)C2(n3cccn3)CCNCC2)o1. The van der Waals surface area contributed by atoms with E-state index in [4.69, 9.17) is 4.42 Å². The fourth-order valence-electron chi connectivity index (χ4n) is 2.98. The Labute approximate surface area is 141 Å². The van der Waals surface area contributed by atoms with Gasteiger partial charge in [-0.3, -0.25) is 9.48 Å². The smallest absolute Gasteiger partial charge is 0.248 e. The lowest BCUT2D eigenvalue weighted by atomic mass is 9.87. The largest absolute Gasteiger partial charge is 0.443 e. The van der Waals surface area contributed by atoms with Gasteiger partial charge in [0.2, 0.25) is 11.8 Å². The lowest BCUT2D eigenvalue weighted by Gasteiger charge is -2.36. The van der Waals surface area contributed by atoms with Crippen LogP contribution in [-0.4, -0.2) is 33.8 Å². The average molecular weight is 331 g/mol. The molecule has 7 heteroatoms. The van der Waals surface area contributed by atoms with Crippen LogP contribution in [0.25, 0.3) is 0 Å².